The average molecular weight is 405 g/mol. The van der Waals surface area contributed by atoms with Gasteiger partial charge in [-0.1, -0.05) is 56.2 Å². The van der Waals surface area contributed by atoms with Gasteiger partial charge in [0.2, 0.25) is 0 Å². The van der Waals surface area contributed by atoms with Gasteiger partial charge in [0.1, 0.15) is 17.3 Å². The van der Waals surface area contributed by atoms with E-state index in [9.17, 15) is 19.8 Å². The summed E-state index contributed by atoms with van der Waals surface area (Å²) in [4.78, 5) is 23.4. The van der Waals surface area contributed by atoms with E-state index in [-0.39, 0.29) is 45.4 Å². The van der Waals surface area contributed by atoms with Crippen LogP contribution in [0.25, 0.3) is 0 Å². The van der Waals surface area contributed by atoms with Crippen molar-refractivity contribution in [3.05, 3.63) is 45.5 Å². The van der Waals surface area contributed by atoms with Crippen molar-refractivity contribution in [2.24, 2.45) is 17.3 Å². The van der Waals surface area contributed by atoms with Crippen LogP contribution in [0.15, 0.2) is 23.8 Å². The molecule has 1 aromatic rings. The second-order valence-corrected chi connectivity index (χ2v) is 8.50. The number of rotatable bonds is 5. The zero-order chi connectivity index (χ0) is 21.2. The van der Waals surface area contributed by atoms with E-state index >= 15 is 0 Å². The van der Waals surface area contributed by atoms with Gasteiger partial charge >= 0.3 is 0 Å². The number of carbonyl (C=O) groups is 2. The number of phenolic OH excluding ortho intramolecular Hbond substituents is 2. The third kappa shape index (κ3) is 4.02. The van der Waals surface area contributed by atoms with Gasteiger partial charge in [-0.05, 0) is 43.6 Å². The zero-order valence-corrected chi connectivity index (χ0v) is 17.9. The summed E-state index contributed by atoms with van der Waals surface area (Å²) in [7, 11) is 0. The number of Topliss-reactive ketones (excluding diaryl/α,β-unsaturated/α-hetero) is 1. The van der Waals surface area contributed by atoms with Gasteiger partial charge in [0.15, 0.2) is 6.29 Å². The summed E-state index contributed by atoms with van der Waals surface area (Å²) in [5.41, 5.74) is 1.41. The Labute approximate surface area is 171 Å². The van der Waals surface area contributed by atoms with Crippen LogP contribution in [0.5, 0.6) is 11.5 Å². The number of phenols is 2. The Morgan fingerprint density at radius 2 is 1.93 bits per heavy atom. The first kappa shape index (κ1) is 22.2. The van der Waals surface area contributed by atoms with Gasteiger partial charge in [-0.2, -0.15) is 0 Å². The molecule has 1 aliphatic rings. The lowest BCUT2D eigenvalue weighted by Gasteiger charge is -2.42. The molecule has 0 bridgehead atoms. The minimum atomic E-state index is -0.241. The highest BCUT2D eigenvalue weighted by molar-refractivity contribution is 6.33. The molecule has 0 amide bonds. The van der Waals surface area contributed by atoms with Crippen LogP contribution in [-0.2, 0) is 11.2 Å². The second-order valence-electron chi connectivity index (χ2n) is 8.13. The summed E-state index contributed by atoms with van der Waals surface area (Å²) in [6.45, 7) is 9.79. The van der Waals surface area contributed by atoms with E-state index in [4.69, 9.17) is 11.6 Å². The van der Waals surface area contributed by atoms with Crippen LogP contribution in [0.1, 0.15) is 62.0 Å². The quantitative estimate of drug-likeness (QED) is 0.497. The summed E-state index contributed by atoms with van der Waals surface area (Å²) >= 11 is 6.09. The molecule has 2 rings (SSSR count). The zero-order valence-electron chi connectivity index (χ0n) is 17.2. The van der Waals surface area contributed by atoms with E-state index in [1.165, 1.54) is 0 Å². The van der Waals surface area contributed by atoms with Crippen molar-refractivity contribution >= 4 is 23.7 Å². The number of allylic oxidation sites excluding steroid dienone is 4. The average Bonchev–Trinajstić information content (AvgIpc) is 2.66. The van der Waals surface area contributed by atoms with Gasteiger partial charge in [0, 0.05) is 17.9 Å². The fourth-order valence-electron chi connectivity index (χ4n) is 3.83. The molecule has 28 heavy (non-hydrogen) atoms. The molecule has 1 fully saturated rings. The Morgan fingerprint density at radius 1 is 1.29 bits per heavy atom. The summed E-state index contributed by atoms with van der Waals surface area (Å²) in [6.07, 6.45) is 8.25. The molecule has 3 atom stereocenters. The van der Waals surface area contributed by atoms with E-state index in [1.54, 1.807) is 6.92 Å². The molecule has 5 heteroatoms. The molecule has 4 nitrogen and oxygen atoms in total. The standard InChI is InChI=1S/C23H29ClO4/c1-13(10-11-23(5)14(2)7-9-19(26)16(23)4)6-8-17-21(27)18(12-25)15(3)20(24)22(17)28/h6,10-12,14,16,27-28H,7-9H2,1-5H3/b11-10+,13-6+/t14-,16+,23+/m1/s1. The van der Waals surface area contributed by atoms with E-state index < -0.39 is 0 Å². The van der Waals surface area contributed by atoms with Crippen molar-refractivity contribution in [2.75, 3.05) is 0 Å². The summed E-state index contributed by atoms with van der Waals surface area (Å²) < 4.78 is 0. The minimum absolute atomic E-state index is 0.0283. The predicted molar refractivity (Wildman–Crippen MR) is 112 cm³/mol. The molecular weight excluding hydrogens is 376 g/mol. The highest BCUT2D eigenvalue weighted by Crippen LogP contribution is 2.45. The van der Waals surface area contributed by atoms with Crippen molar-refractivity contribution < 1.29 is 19.8 Å². The van der Waals surface area contributed by atoms with E-state index in [1.807, 2.05) is 26.0 Å². The van der Waals surface area contributed by atoms with Gasteiger partial charge in [-0.25, -0.2) is 0 Å². The smallest absolute Gasteiger partial charge is 0.154 e. The molecule has 0 unspecified atom stereocenters. The van der Waals surface area contributed by atoms with Crippen LogP contribution in [0.3, 0.4) is 0 Å². The highest BCUT2D eigenvalue weighted by atomic mass is 35.5. The molecular formula is C23H29ClO4. The number of halogens is 1. The molecule has 0 aromatic heterocycles. The maximum absolute atomic E-state index is 12.2. The van der Waals surface area contributed by atoms with Crippen molar-refractivity contribution in [1.82, 2.24) is 0 Å². The number of aromatic hydroxyl groups is 2. The molecule has 1 aliphatic carbocycles. The van der Waals surface area contributed by atoms with Crippen LogP contribution >= 0.6 is 11.6 Å². The van der Waals surface area contributed by atoms with Crippen LogP contribution in [0.2, 0.25) is 5.02 Å². The lowest BCUT2D eigenvalue weighted by Crippen LogP contribution is -2.40. The lowest BCUT2D eigenvalue weighted by atomic mass is 9.61. The highest BCUT2D eigenvalue weighted by Gasteiger charge is 2.41. The van der Waals surface area contributed by atoms with E-state index in [2.05, 4.69) is 19.9 Å². The van der Waals surface area contributed by atoms with Crippen LogP contribution in [0.4, 0.5) is 0 Å². The largest absolute Gasteiger partial charge is 0.507 e. The summed E-state index contributed by atoms with van der Waals surface area (Å²) in [6, 6.07) is 0. The SMILES string of the molecule is CC(/C=C/[C@@]1(C)[C@H](C)CCC(=O)[C@@H]1C)=C\Cc1c(O)c(Cl)c(C)c(C=O)c1O. The Hall–Kier alpha value is -2.07. The fourth-order valence-corrected chi connectivity index (χ4v) is 4.04. The molecule has 2 N–H and O–H groups in total. The predicted octanol–water partition coefficient (Wildman–Crippen LogP) is 5.56. The Balaban J connectivity index is 2.28. The molecule has 0 aliphatic heterocycles. The van der Waals surface area contributed by atoms with Crippen LogP contribution in [0, 0.1) is 24.2 Å². The third-order valence-corrected chi connectivity index (χ3v) is 6.98. The third-order valence-electron chi connectivity index (χ3n) is 6.52. The van der Waals surface area contributed by atoms with Gasteiger partial charge < -0.3 is 10.2 Å². The first-order valence-corrected chi connectivity index (χ1v) is 9.99. The monoisotopic (exact) mass is 404 g/mol. The molecule has 0 saturated heterocycles. The fraction of sp³-hybridized carbons (Fsp3) is 0.478. The Kier molecular flexibility index (Phi) is 6.76. The number of carbonyl (C=O) groups excluding carboxylic acids is 2. The minimum Gasteiger partial charge on any atom is -0.507 e. The maximum atomic E-state index is 12.2. The molecule has 0 heterocycles. The first-order valence-electron chi connectivity index (χ1n) is 9.61. The molecule has 0 spiro atoms. The van der Waals surface area contributed by atoms with Crippen molar-refractivity contribution in [1.29, 1.82) is 0 Å². The van der Waals surface area contributed by atoms with Gasteiger partial charge in [0.05, 0.1) is 10.6 Å². The summed E-state index contributed by atoms with van der Waals surface area (Å²) in [5, 5.41) is 20.7. The van der Waals surface area contributed by atoms with Gasteiger partial charge in [-0.15, -0.1) is 0 Å². The number of hydrogen-bond donors (Lipinski definition) is 2. The lowest BCUT2D eigenvalue weighted by molar-refractivity contribution is -0.129. The van der Waals surface area contributed by atoms with E-state index in [0.717, 1.165) is 12.0 Å². The second kappa shape index (κ2) is 8.52. The van der Waals surface area contributed by atoms with Crippen molar-refractivity contribution in [2.45, 2.75) is 53.9 Å². The Morgan fingerprint density at radius 3 is 2.54 bits per heavy atom. The molecule has 1 saturated carbocycles. The number of aldehydes is 1. The molecule has 1 aromatic carbocycles. The topological polar surface area (TPSA) is 74.6 Å². The van der Waals surface area contributed by atoms with Crippen molar-refractivity contribution in [3.8, 4) is 11.5 Å². The normalized spacial score (nSPS) is 26.1. The number of ketones is 1. The Bertz CT molecular complexity index is 853. The summed E-state index contributed by atoms with van der Waals surface area (Å²) in [5.74, 6) is 0.233. The van der Waals surface area contributed by atoms with Crippen molar-refractivity contribution in [3.63, 3.8) is 0 Å². The van der Waals surface area contributed by atoms with Gasteiger partial charge in [-0.3, -0.25) is 9.59 Å². The van der Waals surface area contributed by atoms with Crippen LogP contribution < -0.4 is 0 Å². The molecule has 152 valence electrons. The van der Waals surface area contributed by atoms with E-state index in [0.29, 0.717) is 30.0 Å². The van der Waals surface area contributed by atoms with Gasteiger partial charge in [0.25, 0.3) is 0 Å². The number of hydrogen-bond acceptors (Lipinski definition) is 4. The first-order chi connectivity index (χ1) is 13.0. The van der Waals surface area contributed by atoms with Crippen LogP contribution in [-0.4, -0.2) is 22.3 Å². The number of benzene rings is 1. The molecule has 0 radical (unpaired) electrons. The maximum Gasteiger partial charge on any atom is 0.154 e.